The van der Waals surface area contributed by atoms with Crippen LogP contribution in [0.4, 0.5) is 0 Å². The molecule has 4 nitrogen and oxygen atoms in total. The van der Waals surface area contributed by atoms with Crippen LogP contribution in [0.5, 0.6) is 5.75 Å². The van der Waals surface area contributed by atoms with Crippen molar-refractivity contribution in [1.29, 1.82) is 0 Å². The summed E-state index contributed by atoms with van der Waals surface area (Å²) in [6.07, 6.45) is 1.00. The van der Waals surface area contributed by atoms with Crippen molar-refractivity contribution in [2.75, 3.05) is 12.9 Å². The topological polar surface area (TPSA) is 60.4 Å². The maximum Gasteiger partial charge on any atom is 0.178 e. The molecule has 0 aliphatic rings. The second-order valence-electron chi connectivity index (χ2n) is 3.96. The molecule has 0 saturated heterocycles. The number of ether oxygens (including phenoxy) is 1. The van der Waals surface area contributed by atoms with E-state index in [1.807, 2.05) is 0 Å². The highest BCUT2D eigenvalue weighted by Gasteiger charge is 2.18. The zero-order valence-electron chi connectivity index (χ0n) is 9.92. The van der Waals surface area contributed by atoms with Gasteiger partial charge in [0, 0.05) is 6.42 Å². The van der Waals surface area contributed by atoms with E-state index in [0.717, 1.165) is 6.29 Å². The van der Waals surface area contributed by atoms with Gasteiger partial charge in [0.05, 0.1) is 17.8 Å². The van der Waals surface area contributed by atoms with Crippen LogP contribution in [0.1, 0.15) is 13.3 Å². The number of aldehydes is 1. The molecule has 17 heavy (non-hydrogen) atoms. The first kappa shape index (κ1) is 13.7. The minimum Gasteiger partial charge on any atom is -0.497 e. The molecule has 1 aromatic carbocycles. The van der Waals surface area contributed by atoms with E-state index in [1.165, 1.54) is 19.2 Å². The van der Waals surface area contributed by atoms with Crippen LogP contribution in [-0.4, -0.2) is 27.6 Å². The number of hydrogen-bond donors (Lipinski definition) is 0. The van der Waals surface area contributed by atoms with Gasteiger partial charge in [-0.05, 0) is 30.2 Å². The summed E-state index contributed by atoms with van der Waals surface area (Å²) in [5.41, 5.74) is 0. The van der Waals surface area contributed by atoms with Gasteiger partial charge in [-0.25, -0.2) is 8.42 Å². The molecule has 0 amide bonds. The lowest BCUT2D eigenvalue weighted by atomic mass is 10.2. The molecule has 94 valence electrons. The summed E-state index contributed by atoms with van der Waals surface area (Å²) < 4.78 is 28.9. The van der Waals surface area contributed by atoms with E-state index < -0.39 is 9.84 Å². The maximum absolute atomic E-state index is 12.0. The van der Waals surface area contributed by atoms with Gasteiger partial charge in [0.1, 0.15) is 12.0 Å². The number of benzene rings is 1. The first-order chi connectivity index (χ1) is 7.99. The fourth-order valence-corrected chi connectivity index (χ4v) is 3.11. The van der Waals surface area contributed by atoms with Crippen LogP contribution in [0.3, 0.4) is 0 Å². The molecule has 0 aliphatic heterocycles. The highest BCUT2D eigenvalue weighted by atomic mass is 32.2. The van der Waals surface area contributed by atoms with Crippen molar-refractivity contribution in [3.05, 3.63) is 24.3 Å². The lowest BCUT2D eigenvalue weighted by molar-refractivity contribution is -0.108. The molecule has 1 atom stereocenters. The van der Waals surface area contributed by atoms with E-state index in [2.05, 4.69) is 0 Å². The van der Waals surface area contributed by atoms with Crippen LogP contribution >= 0.6 is 0 Å². The first-order valence-corrected chi connectivity index (χ1v) is 6.95. The number of carbonyl (C=O) groups excluding carboxylic acids is 1. The van der Waals surface area contributed by atoms with E-state index >= 15 is 0 Å². The van der Waals surface area contributed by atoms with E-state index in [4.69, 9.17) is 4.74 Å². The molecule has 0 fully saturated rings. The predicted molar refractivity (Wildman–Crippen MR) is 64.9 cm³/mol. The predicted octanol–water partition coefficient (Wildman–Crippen LogP) is 1.69. The van der Waals surface area contributed by atoms with Crippen LogP contribution in [0.2, 0.25) is 0 Å². The molecule has 0 saturated carbocycles. The number of carbonyl (C=O) groups is 1. The maximum atomic E-state index is 12.0. The quantitative estimate of drug-likeness (QED) is 0.727. The highest BCUT2D eigenvalue weighted by Crippen LogP contribution is 2.19. The Labute approximate surface area is 102 Å². The Morgan fingerprint density at radius 3 is 2.35 bits per heavy atom. The van der Waals surface area contributed by atoms with Crippen molar-refractivity contribution in [2.45, 2.75) is 18.2 Å². The number of sulfone groups is 1. The minimum absolute atomic E-state index is 0.0158. The van der Waals surface area contributed by atoms with Gasteiger partial charge in [-0.1, -0.05) is 6.92 Å². The van der Waals surface area contributed by atoms with Crippen molar-refractivity contribution >= 4 is 16.1 Å². The molecule has 0 heterocycles. The molecule has 0 radical (unpaired) electrons. The lowest BCUT2D eigenvalue weighted by Crippen LogP contribution is -2.14. The van der Waals surface area contributed by atoms with Crippen LogP contribution in [-0.2, 0) is 14.6 Å². The average molecular weight is 256 g/mol. The Kier molecular flexibility index (Phi) is 4.69. The SMILES string of the molecule is COc1ccc(S(=O)(=O)CC(C)CC=O)cc1. The zero-order valence-corrected chi connectivity index (χ0v) is 10.7. The fourth-order valence-electron chi connectivity index (χ4n) is 1.49. The highest BCUT2D eigenvalue weighted by molar-refractivity contribution is 7.91. The summed E-state index contributed by atoms with van der Waals surface area (Å²) in [7, 11) is -1.80. The van der Waals surface area contributed by atoms with Crippen molar-refractivity contribution in [3.63, 3.8) is 0 Å². The number of methoxy groups -OCH3 is 1. The lowest BCUT2D eigenvalue weighted by Gasteiger charge is -2.09. The molecule has 0 aromatic heterocycles. The summed E-state index contributed by atoms with van der Waals surface area (Å²) in [6, 6.07) is 6.25. The molecule has 1 unspecified atom stereocenters. The third-order valence-electron chi connectivity index (χ3n) is 2.42. The summed E-state index contributed by atoms with van der Waals surface area (Å²) >= 11 is 0. The number of rotatable bonds is 6. The van der Waals surface area contributed by atoms with E-state index in [1.54, 1.807) is 19.1 Å². The molecular weight excluding hydrogens is 240 g/mol. The van der Waals surface area contributed by atoms with Gasteiger partial charge in [-0.2, -0.15) is 0 Å². The average Bonchev–Trinajstić information content (AvgIpc) is 2.28. The first-order valence-electron chi connectivity index (χ1n) is 5.30. The van der Waals surface area contributed by atoms with Gasteiger partial charge in [-0.3, -0.25) is 0 Å². The summed E-state index contributed by atoms with van der Waals surface area (Å²) in [4.78, 5) is 10.6. The van der Waals surface area contributed by atoms with Crippen molar-refractivity contribution in [3.8, 4) is 5.75 Å². The largest absolute Gasteiger partial charge is 0.497 e. The smallest absolute Gasteiger partial charge is 0.178 e. The third-order valence-corrected chi connectivity index (χ3v) is 4.42. The molecule has 1 aromatic rings. The fraction of sp³-hybridized carbons (Fsp3) is 0.417. The molecule has 0 aliphatic carbocycles. The molecular formula is C12H16O4S. The van der Waals surface area contributed by atoms with Gasteiger partial charge in [0.2, 0.25) is 0 Å². The third kappa shape index (κ3) is 3.85. The van der Waals surface area contributed by atoms with Gasteiger partial charge in [-0.15, -0.1) is 0 Å². The van der Waals surface area contributed by atoms with Crippen LogP contribution < -0.4 is 4.74 Å². The van der Waals surface area contributed by atoms with Crippen molar-refractivity contribution < 1.29 is 17.9 Å². The summed E-state index contributed by atoms with van der Waals surface area (Å²) in [5.74, 6) is 0.433. The van der Waals surface area contributed by atoms with Crippen molar-refractivity contribution in [1.82, 2.24) is 0 Å². The van der Waals surface area contributed by atoms with E-state index in [-0.39, 0.29) is 23.0 Å². The Balaban J connectivity index is 2.85. The number of hydrogen-bond acceptors (Lipinski definition) is 4. The molecule has 0 spiro atoms. The normalized spacial score (nSPS) is 13.1. The Morgan fingerprint density at radius 2 is 1.88 bits per heavy atom. The standard InChI is InChI=1S/C12H16O4S/c1-10(7-8-13)9-17(14,15)12-5-3-11(16-2)4-6-12/h3-6,8,10H,7,9H2,1-2H3. The van der Waals surface area contributed by atoms with Crippen LogP contribution in [0.15, 0.2) is 29.2 Å². The second-order valence-corrected chi connectivity index (χ2v) is 6.00. The van der Waals surface area contributed by atoms with Gasteiger partial charge in [0.25, 0.3) is 0 Å². The van der Waals surface area contributed by atoms with Crippen LogP contribution in [0.25, 0.3) is 0 Å². The summed E-state index contributed by atoms with van der Waals surface area (Å²) in [5, 5.41) is 0. The Bertz CT molecular complexity index is 462. The Morgan fingerprint density at radius 1 is 1.29 bits per heavy atom. The molecule has 0 N–H and O–H groups in total. The van der Waals surface area contributed by atoms with Gasteiger partial charge < -0.3 is 9.53 Å². The minimum atomic E-state index is -3.32. The summed E-state index contributed by atoms with van der Waals surface area (Å²) in [6.45, 7) is 1.75. The zero-order chi connectivity index (χ0) is 12.9. The Hall–Kier alpha value is -1.36. The van der Waals surface area contributed by atoms with Gasteiger partial charge >= 0.3 is 0 Å². The molecule has 1 rings (SSSR count). The van der Waals surface area contributed by atoms with Crippen molar-refractivity contribution in [2.24, 2.45) is 5.92 Å². The van der Waals surface area contributed by atoms with E-state index in [0.29, 0.717) is 5.75 Å². The van der Waals surface area contributed by atoms with E-state index in [9.17, 15) is 13.2 Å². The molecule has 5 heteroatoms. The monoisotopic (exact) mass is 256 g/mol. The molecule has 0 bridgehead atoms. The second kappa shape index (κ2) is 5.82. The van der Waals surface area contributed by atoms with Crippen LogP contribution in [0, 0.1) is 5.92 Å². The van der Waals surface area contributed by atoms with Gasteiger partial charge in [0.15, 0.2) is 9.84 Å².